The molecule has 5 nitrogen and oxygen atoms in total. The Hall–Kier alpha value is -0.730. The van der Waals surface area contributed by atoms with E-state index in [1.165, 1.54) is 38.5 Å². The molecule has 1 aromatic rings. The van der Waals surface area contributed by atoms with Gasteiger partial charge >= 0.3 is 5.97 Å². The molecule has 0 radical (unpaired) electrons. The third-order valence-corrected chi connectivity index (χ3v) is 5.31. The number of esters is 1. The van der Waals surface area contributed by atoms with Crippen LogP contribution in [-0.4, -0.2) is 17.7 Å². The van der Waals surface area contributed by atoms with Gasteiger partial charge < -0.3 is 9.99 Å². The predicted molar refractivity (Wildman–Crippen MR) is 88.4 cm³/mol. The molecule has 23 heavy (non-hydrogen) atoms. The second kappa shape index (κ2) is 10.9. The Morgan fingerprint density at radius 1 is 1.17 bits per heavy atom. The summed E-state index contributed by atoms with van der Waals surface area (Å²) in [5, 5.41) is 13.0. The van der Waals surface area contributed by atoms with Crippen molar-refractivity contribution in [2.75, 3.05) is 11.7 Å². The van der Waals surface area contributed by atoms with Crippen LogP contribution >= 0.6 is 23.8 Å². The second-order valence-corrected chi connectivity index (χ2v) is 7.32. The summed E-state index contributed by atoms with van der Waals surface area (Å²) in [4.78, 5) is 12.6. The van der Waals surface area contributed by atoms with Gasteiger partial charge in [0.25, 0.3) is 0 Å². The summed E-state index contributed by atoms with van der Waals surface area (Å²) in [6.07, 6.45) is 8.04. The lowest BCUT2D eigenvalue weighted by Gasteiger charge is -2.20. The molecule has 1 aliphatic carbocycles. The third kappa shape index (κ3) is 7.14. The maximum absolute atomic E-state index is 11.9. The van der Waals surface area contributed by atoms with Crippen molar-refractivity contribution in [2.45, 2.75) is 43.4 Å². The van der Waals surface area contributed by atoms with Crippen LogP contribution in [0.3, 0.4) is 0 Å². The van der Waals surface area contributed by atoms with Gasteiger partial charge in [-0.25, -0.2) is 4.79 Å². The SMILES string of the molecule is O=C(OCSCCC1CCCCC1)c1ccc(SOO[O-])cc1. The lowest BCUT2D eigenvalue weighted by Crippen LogP contribution is -2.08. The topological polar surface area (TPSA) is 67.8 Å². The van der Waals surface area contributed by atoms with Crippen LogP contribution < -0.4 is 5.26 Å². The van der Waals surface area contributed by atoms with E-state index < -0.39 is 0 Å². The van der Waals surface area contributed by atoms with Gasteiger partial charge in [0.05, 0.1) is 17.6 Å². The Kier molecular flexibility index (Phi) is 8.85. The van der Waals surface area contributed by atoms with Crippen molar-refractivity contribution in [3.8, 4) is 0 Å². The Labute approximate surface area is 145 Å². The number of benzene rings is 1. The molecule has 7 heteroatoms. The van der Waals surface area contributed by atoms with E-state index in [0.29, 0.717) is 16.4 Å². The normalized spacial score (nSPS) is 15.5. The number of carbonyl (C=O) groups is 1. The summed E-state index contributed by atoms with van der Waals surface area (Å²) in [6.45, 7) is 0. The number of hydrogen-bond acceptors (Lipinski definition) is 7. The van der Waals surface area contributed by atoms with Crippen LogP contribution in [0.25, 0.3) is 0 Å². The standard InChI is InChI=1S/C16H22O5S2/c17-16(14-6-8-15(9-7-14)23-21-20-18)19-12-22-11-10-13-4-2-1-3-5-13/h6-9,13,18H,1-5,10-12H2/p-1. The van der Waals surface area contributed by atoms with Crippen molar-refractivity contribution < 1.29 is 24.2 Å². The van der Waals surface area contributed by atoms with Crippen molar-refractivity contribution in [1.29, 1.82) is 0 Å². The zero-order chi connectivity index (χ0) is 16.3. The Balaban J connectivity index is 1.60. The molecular formula is C16H21O5S2-. The molecule has 0 N–H and O–H groups in total. The number of thioether (sulfide) groups is 1. The van der Waals surface area contributed by atoms with E-state index in [4.69, 9.17) is 4.74 Å². The largest absolute Gasteiger partial charge is 0.691 e. The quantitative estimate of drug-likeness (QED) is 0.166. The van der Waals surface area contributed by atoms with Crippen LogP contribution in [-0.2, 0) is 14.1 Å². The van der Waals surface area contributed by atoms with Gasteiger partial charge in [-0.3, -0.25) is 5.04 Å². The van der Waals surface area contributed by atoms with Crippen LogP contribution in [0.1, 0.15) is 48.9 Å². The molecule has 0 aromatic heterocycles. The van der Waals surface area contributed by atoms with Crippen molar-refractivity contribution in [2.24, 2.45) is 5.92 Å². The van der Waals surface area contributed by atoms with Crippen molar-refractivity contribution in [3.63, 3.8) is 0 Å². The fourth-order valence-electron chi connectivity index (χ4n) is 2.66. The highest BCUT2D eigenvalue weighted by atomic mass is 32.2. The van der Waals surface area contributed by atoms with Gasteiger partial charge in [0.15, 0.2) is 0 Å². The smallest absolute Gasteiger partial charge is 0.338 e. The maximum atomic E-state index is 11.9. The summed E-state index contributed by atoms with van der Waals surface area (Å²) in [5.74, 6) is 1.94. The lowest BCUT2D eigenvalue weighted by atomic mass is 9.88. The minimum atomic E-state index is -0.340. The molecule has 0 heterocycles. The van der Waals surface area contributed by atoms with E-state index in [1.807, 2.05) is 0 Å². The second-order valence-electron chi connectivity index (χ2n) is 5.49. The molecule has 0 atom stereocenters. The zero-order valence-corrected chi connectivity index (χ0v) is 14.5. The molecule has 0 spiro atoms. The molecule has 1 saturated carbocycles. The van der Waals surface area contributed by atoms with E-state index in [9.17, 15) is 10.1 Å². The van der Waals surface area contributed by atoms with Gasteiger partial charge in [-0.1, -0.05) is 32.1 Å². The molecule has 0 unspecified atom stereocenters. The highest BCUT2D eigenvalue weighted by Crippen LogP contribution is 2.27. The summed E-state index contributed by atoms with van der Waals surface area (Å²) in [5.41, 5.74) is 0.477. The molecule has 1 fully saturated rings. The van der Waals surface area contributed by atoms with Gasteiger partial charge in [0.1, 0.15) is 5.94 Å². The Bertz CT molecular complexity index is 460. The summed E-state index contributed by atoms with van der Waals surface area (Å²) < 4.78 is 9.45. The zero-order valence-electron chi connectivity index (χ0n) is 12.9. The number of ether oxygens (including phenoxy) is 1. The van der Waals surface area contributed by atoms with Crippen LogP contribution in [0.15, 0.2) is 29.2 Å². The summed E-state index contributed by atoms with van der Waals surface area (Å²) in [7, 11) is 0. The molecule has 0 bridgehead atoms. The van der Waals surface area contributed by atoms with Gasteiger partial charge in [0, 0.05) is 4.90 Å². The molecule has 0 aliphatic heterocycles. The molecule has 0 amide bonds. The van der Waals surface area contributed by atoms with Crippen LogP contribution in [0.2, 0.25) is 0 Å². The van der Waals surface area contributed by atoms with Crippen LogP contribution in [0.5, 0.6) is 0 Å². The van der Waals surface area contributed by atoms with Crippen LogP contribution in [0, 0.1) is 5.92 Å². The van der Waals surface area contributed by atoms with Gasteiger partial charge in [0.2, 0.25) is 0 Å². The van der Waals surface area contributed by atoms with E-state index in [2.05, 4.69) is 9.37 Å². The van der Waals surface area contributed by atoms with Crippen molar-refractivity contribution >= 4 is 29.8 Å². The number of hydrogen-bond donors (Lipinski definition) is 0. The monoisotopic (exact) mass is 357 g/mol. The average Bonchev–Trinajstić information content (AvgIpc) is 2.61. The molecule has 0 saturated heterocycles. The molecule has 1 aromatic carbocycles. The first-order valence-electron chi connectivity index (χ1n) is 7.77. The molecule has 2 rings (SSSR count). The summed E-state index contributed by atoms with van der Waals surface area (Å²) in [6, 6.07) is 6.59. The molecule has 128 valence electrons. The third-order valence-electron chi connectivity index (χ3n) is 3.92. The fourth-order valence-corrected chi connectivity index (χ4v) is 3.82. The maximum Gasteiger partial charge on any atom is 0.338 e. The first-order valence-corrected chi connectivity index (χ1v) is 9.67. The number of carbonyl (C=O) groups excluding carboxylic acids is 1. The minimum Gasteiger partial charge on any atom is -0.691 e. The molecule has 1 aliphatic rings. The lowest BCUT2D eigenvalue weighted by molar-refractivity contribution is -0.777. The van der Waals surface area contributed by atoms with Gasteiger partial charge in [-0.05, 0) is 42.4 Å². The van der Waals surface area contributed by atoms with E-state index >= 15 is 0 Å². The van der Waals surface area contributed by atoms with Gasteiger partial charge in [-0.2, -0.15) is 4.33 Å². The van der Waals surface area contributed by atoms with E-state index in [1.54, 1.807) is 36.0 Å². The van der Waals surface area contributed by atoms with Crippen LogP contribution in [0.4, 0.5) is 0 Å². The fraction of sp³-hybridized carbons (Fsp3) is 0.562. The average molecular weight is 357 g/mol. The first kappa shape index (κ1) is 18.6. The Morgan fingerprint density at radius 3 is 2.61 bits per heavy atom. The van der Waals surface area contributed by atoms with Gasteiger partial charge in [-0.15, -0.1) is 11.8 Å². The van der Waals surface area contributed by atoms with E-state index in [0.717, 1.165) is 23.7 Å². The minimum absolute atomic E-state index is 0.340. The highest BCUT2D eigenvalue weighted by molar-refractivity contribution is 7.99. The van der Waals surface area contributed by atoms with E-state index in [-0.39, 0.29) is 5.97 Å². The van der Waals surface area contributed by atoms with Crippen molar-refractivity contribution in [3.05, 3.63) is 29.8 Å². The summed E-state index contributed by atoms with van der Waals surface area (Å²) >= 11 is 2.45. The molecular weight excluding hydrogens is 336 g/mol. The predicted octanol–water partition coefficient (Wildman–Crippen LogP) is 3.74. The first-order chi connectivity index (χ1) is 11.3. The number of rotatable bonds is 9. The van der Waals surface area contributed by atoms with Crippen molar-refractivity contribution in [1.82, 2.24) is 0 Å². The Morgan fingerprint density at radius 2 is 1.91 bits per heavy atom. The highest BCUT2D eigenvalue weighted by Gasteiger charge is 2.13.